The summed E-state index contributed by atoms with van der Waals surface area (Å²) in [6, 6.07) is 0. The van der Waals surface area contributed by atoms with E-state index in [1.165, 1.54) is 0 Å². The average Bonchev–Trinajstić information content (AvgIpc) is 2.21. The largest absolute Gasteiger partial charge is 0.352 e. The smallest absolute Gasteiger partial charge is 0.206 e. The van der Waals surface area contributed by atoms with Crippen LogP contribution in [-0.2, 0) is 0 Å². The van der Waals surface area contributed by atoms with E-state index < -0.39 is 28.4 Å². The number of hydrogen-bond donors (Lipinski definition) is 0. The number of hydrazine groups is 2. The van der Waals surface area contributed by atoms with E-state index in [9.17, 15) is 30.3 Å². The van der Waals surface area contributed by atoms with Gasteiger partial charge >= 0.3 is 0 Å². The molecule has 0 N–H and O–H groups in total. The van der Waals surface area contributed by atoms with Crippen LogP contribution in [0, 0.1) is 30.3 Å². The Kier molecular flexibility index (Phi) is 5.99. The first-order valence-corrected chi connectivity index (χ1v) is 4.48. The minimum atomic E-state index is -1.09. The summed E-state index contributed by atoms with van der Waals surface area (Å²) in [6.07, 6.45) is 0.416. The quantitative estimate of drug-likeness (QED) is 0.312. The molecule has 0 aliphatic heterocycles. The van der Waals surface area contributed by atoms with Crippen LogP contribution in [0.4, 0.5) is 0 Å². The highest BCUT2D eigenvalue weighted by Crippen LogP contribution is 2.00. The molecule has 0 saturated heterocycles. The molecule has 0 rings (SSSR count). The Morgan fingerprint density at radius 3 is 1.94 bits per heavy atom. The highest BCUT2D eigenvalue weighted by molar-refractivity contribution is 4.57. The van der Waals surface area contributed by atoms with Crippen LogP contribution in [-0.4, -0.2) is 45.0 Å². The molecule has 98 valence electrons. The number of rotatable bonds is 9. The molecule has 0 aromatic heterocycles. The van der Waals surface area contributed by atoms with Crippen LogP contribution >= 0.6 is 0 Å². The van der Waals surface area contributed by atoms with Gasteiger partial charge in [0.25, 0.3) is 0 Å². The molecule has 12 nitrogen and oxygen atoms in total. The van der Waals surface area contributed by atoms with E-state index in [1.54, 1.807) is 6.92 Å². The Balaban J connectivity index is 4.44. The van der Waals surface area contributed by atoms with Crippen LogP contribution in [0.5, 0.6) is 0 Å². The van der Waals surface area contributed by atoms with Crippen molar-refractivity contribution >= 4 is 0 Å². The van der Waals surface area contributed by atoms with E-state index in [-0.39, 0.29) is 11.6 Å². The van der Waals surface area contributed by atoms with Gasteiger partial charge in [-0.25, -0.2) is 20.2 Å². The van der Waals surface area contributed by atoms with Crippen LogP contribution in [0.15, 0.2) is 0 Å². The number of nitrogens with zero attached hydrogens (tertiary/aromatic N) is 6. The lowest BCUT2D eigenvalue weighted by molar-refractivity contribution is -0.712. The predicted octanol–water partition coefficient (Wildman–Crippen LogP) is -0.136. The average molecular weight is 251 g/mol. The van der Waals surface area contributed by atoms with E-state index in [4.69, 9.17) is 0 Å². The van der Waals surface area contributed by atoms with Gasteiger partial charge in [0, 0.05) is 0 Å². The summed E-state index contributed by atoms with van der Waals surface area (Å²) in [5.74, 6) is 0. The summed E-state index contributed by atoms with van der Waals surface area (Å²) in [5.41, 5.74) is 2.68. The molecule has 0 bridgehead atoms. The van der Waals surface area contributed by atoms with Gasteiger partial charge in [-0.05, 0) is 11.5 Å². The van der Waals surface area contributed by atoms with Gasteiger partial charge in [-0.1, -0.05) is 6.92 Å². The van der Waals surface area contributed by atoms with Crippen LogP contribution in [0.2, 0.25) is 0 Å². The van der Waals surface area contributed by atoms with E-state index in [1.807, 2.05) is 0 Å². The number of hydrogen-bond acceptors (Lipinski definition) is 6. The minimum Gasteiger partial charge on any atom is -0.352 e. The van der Waals surface area contributed by atoms with Gasteiger partial charge in [-0.15, -0.1) is 10.0 Å². The molecular weight excluding hydrogens is 240 g/mol. The Hall–Kier alpha value is -2.40. The van der Waals surface area contributed by atoms with Crippen LogP contribution < -0.4 is 0 Å². The maximum Gasteiger partial charge on any atom is 0.206 e. The first-order valence-electron chi connectivity index (χ1n) is 4.48. The molecule has 0 radical (unpaired) electrons. The second-order valence-corrected chi connectivity index (χ2v) is 2.87. The van der Waals surface area contributed by atoms with E-state index in [0.717, 1.165) is 0 Å². The zero-order valence-electron chi connectivity index (χ0n) is 8.96. The van der Waals surface area contributed by atoms with Gasteiger partial charge in [-0.3, -0.25) is 10.1 Å². The molecule has 0 aromatic carbocycles. The fourth-order valence-electron chi connectivity index (χ4n) is 0.923. The maximum atomic E-state index is 10.5. The highest BCUT2D eigenvalue weighted by Gasteiger charge is 2.22. The van der Waals surface area contributed by atoms with Crippen LogP contribution in [0.25, 0.3) is 5.43 Å². The molecular formula is C5H11N6O6-. The van der Waals surface area contributed by atoms with Crippen molar-refractivity contribution in [1.82, 2.24) is 10.0 Å². The van der Waals surface area contributed by atoms with Crippen molar-refractivity contribution in [1.29, 1.82) is 0 Å². The lowest BCUT2D eigenvalue weighted by Crippen LogP contribution is -2.44. The molecule has 0 spiro atoms. The lowest BCUT2D eigenvalue weighted by Gasteiger charge is -2.21. The third kappa shape index (κ3) is 5.91. The van der Waals surface area contributed by atoms with E-state index in [0.29, 0.717) is 11.4 Å². The third-order valence-electron chi connectivity index (χ3n) is 1.61. The first kappa shape index (κ1) is 14.6. The van der Waals surface area contributed by atoms with Crippen molar-refractivity contribution < 1.29 is 15.1 Å². The molecule has 12 heteroatoms. The topological polar surface area (TPSA) is 150 Å². The van der Waals surface area contributed by atoms with Crippen molar-refractivity contribution in [2.45, 2.75) is 13.3 Å². The number of nitro groups is 3. The predicted molar refractivity (Wildman–Crippen MR) is 52.9 cm³/mol. The highest BCUT2D eigenvalue weighted by atomic mass is 16.7. The van der Waals surface area contributed by atoms with Crippen LogP contribution in [0.1, 0.15) is 13.3 Å². The summed E-state index contributed by atoms with van der Waals surface area (Å²) >= 11 is 0. The summed E-state index contributed by atoms with van der Waals surface area (Å²) in [7, 11) is 0. The first-order chi connectivity index (χ1) is 7.88. The molecule has 0 aromatic rings. The van der Waals surface area contributed by atoms with Crippen molar-refractivity contribution in [2.24, 2.45) is 0 Å². The van der Waals surface area contributed by atoms with Gasteiger partial charge in [0.15, 0.2) is 10.1 Å². The molecule has 0 amide bonds. The van der Waals surface area contributed by atoms with Crippen molar-refractivity contribution in [3.8, 4) is 0 Å². The zero-order chi connectivity index (χ0) is 13.4. The summed E-state index contributed by atoms with van der Waals surface area (Å²) in [6.45, 7) is 0.128. The maximum absolute atomic E-state index is 10.5. The second kappa shape index (κ2) is 6.97. The SMILES string of the molecule is CCCN(CN(C[N-][N+](=O)[O-])[N+](=O)[O-])[N+](=O)[O-]. The Morgan fingerprint density at radius 2 is 1.59 bits per heavy atom. The fourth-order valence-corrected chi connectivity index (χ4v) is 0.923. The molecule has 0 atom stereocenters. The second-order valence-electron chi connectivity index (χ2n) is 2.87. The Labute approximate surface area is 95.1 Å². The molecule has 0 heterocycles. The van der Waals surface area contributed by atoms with E-state index in [2.05, 4.69) is 5.43 Å². The Morgan fingerprint density at radius 1 is 1.06 bits per heavy atom. The molecule has 0 saturated carbocycles. The third-order valence-corrected chi connectivity index (χ3v) is 1.61. The monoisotopic (exact) mass is 251 g/mol. The molecule has 0 aliphatic carbocycles. The van der Waals surface area contributed by atoms with Crippen LogP contribution in [0.3, 0.4) is 0 Å². The summed E-state index contributed by atoms with van der Waals surface area (Å²) in [5, 5.41) is 28.9. The van der Waals surface area contributed by atoms with Gasteiger partial charge in [-0.2, -0.15) is 0 Å². The van der Waals surface area contributed by atoms with Crippen molar-refractivity contribution in [2.75, 3.05) is 19.9 Å². The van der Waals surface area contributed by atoms with Gasteiger partial charge in [0.1, 0.15) is 0 Å². The van der Waals surface area contributed by atoms with Gasteiger partial charge in [0.05, 0.1) is 13.2 Å². The molecule has 17 heavy (non-hydrogen) atoms. The minimum absolute atomic E-state index is 0.00416. The fraction of sp³-hybridized carbons (Fsp3) is 1.00. The molecule has 0 unspecified atom stereocenters. The molecule has 0 fully saturated rings. The zero-order valence-corrected chi connectivity index (χ0v) is 8.96. The van der Waals surface area contributed by atoms with Gasteiger partial charge < -0.3 is 5.43 Å². The van der Waals surface area contributed by atoms with Gasteiger partial charge in [0.2, 0.25) is 6.67 Å². The lowest BCUT2D eigenvalue weighted by atomic mass is 10.5. The standard InChI is InChI=1S/C5H11N6O6/c1-2-3-7(10(14)15)5-8(11(16)17)4-6-9(12)13/h2-5H2,1H3/q-1. The van der Waals surface area contributed by atoms with E-state index >= 15 is 0 Å². The normalized spacial score (nSPS) is 9.47. The Bertz CT molecular complexity index is 297. The van der Waals surface area contributed by atoms with Crippen molar-refractivity contribution in [3.05, 3.63) is 35.8 Å². The van der Waals surface area contributed by atoms with Crippen molar-refractivity contribution in [3.63, 3.8) is 0 Å². The summed E-state index contributed by atoms with van der Waals surface area (Å²) in [4.78, 5) is 30.9. The summed E-state index contributed by atoms with van der Waals surface area (Å²) < 4.78 is 0. The molecule has 0 aliphatic rings.